The van der Waals surface area contributed by atoms with Crippen LogP contribution in [-0.2, 0) is 4.79 Å². The van der Waals surface area contributed by atoms with Crippen molar-refractivity contribution in [2.75, 3.05) is 12.4 Å². The van der Waals surface area contributed by atoms with Crippen molar-refractivity contribution >= 4 is 33.5 Å². The van der Waals surface area contributed by atoms with Crippen molar-refractivity contribution in [3.8, 4) is 0 Å². The molecule has 0 aliphatic rings. The molecule has 1 rings (SSSR count). The number of nitrogens with one attached hydrogen (secondary N) is 1. The fraction of sp³-hybridized carbons (Fsp3) is 0.250. The number of carbonyl (C=O) groups excluding carboxylic acids is 1. The summed E-state index contributed by atoms with van der Waals surface area (Å²) in [6.07, 6.45) is 0.753. The lowest BCUT2D eigenvalue weighted by Crippen LogP contribution is -1.94. The molecule has 0 saturated carbocycles. The Balaban J connectivity index is 0.000000921. The Kier molecular flexibility index (Phi) is 6.71. The molecule has 0 aromatic heterocycles. The third kappa shape index (κ3) is 3.88. The predicted molar refractivity (Wildman–Crippen MR) is 70.1 cm³/mol. The van der Waals surface area contributed by atoms with E-state index in [9.17, 15) is 4.79 Å². The minimum absolute atomic E-state index is 0.477. The van der Waals surface area contributed by atoms with Crippen LogP contribution in [0.5, 0.6) is 0 Å². The molecule has 82 valence electrons. The SMILES string of the molecule is C=C(C=O)c1cc(Br)ccc1NC.CC. The molecule has 0 saturated heterocycles. The van der Waals surface area contributed by atoms with Gasteiger partial charge in [-0.05, 0) is 18.2 Å². The van der Waals surface area contributed by atoms with E-state index in [1.807, 2.05) is 39.1 Å². The van der Waals surface area contributed by atoms with Crippen LogP contribution < -0.4 is 5.32 Å². The molecule has 1 aromatic rings. The molecular formula is C12H16BrNO. The minimum atomic E-state index is 0.477. The van der Waals surface area contributed by atoms with Gasteiger partial charge in [0.25, 0.3) is 0 Å². The summed E-state index contributed by atoms with van der Waals surface area (Å²) in [5, 5.41) is 3.00. The Morgan fingerprint density at radius 2 is 2.07 bits per heavy atom. The molecule has 1 aromatic carbocycles. The van der Waals surface area contributed by atoms with E-state index in [-0.39, 0.29) is 0 Å². The summed E-state index contributed by atoms with van der Waals surface area (Å²) in [5.41, 5.74) is 2.21. The highest BCUT2D eigenvalue weighted by atomic mass is 79.9. The second kappa shape index (κ2) is 7.23. The Bertz CT molecular complexity index is 347. The predicted octanol–water partition coefficient (Wildman–Crippen LogP) is 3.73. The molecule has 0 unspecified atom stereocenters. The average molecular weight is 270 g/mol. The van der Waals surface area contributed by atoms with Gasteiger partial charge in [-0.25, -0.2) is 0 Å². The highest BCUT2D eigenvalue weighted by Gasteiger charge is 2.04. The Labute approximate surface area is 99.5 Å². The lowest BCUT2D eigenvalue weighted by atomic mass is 10.1. The molecule has 15 heavy (non-hydrogen) atoms. The molecule has 0 aliphatic carbocycles. The van der Waals surface area contributed by atoms with Crippen LogP contribution in [0, 0.1) is 0 Å². The first-order valence-corrected chi connectivity index (χ1v) is 5.60. The molecule has 0 amide bonds. The number of aldehydes is 1. The van der Waals surface area contributed by atoms with Crippen LogP contribution in [0.25, 0.3) is 5.57 Å². The zero-order valence-electron chi connectivity index (χ0n) is 9.30. The van der Waals surface area contributed by atoms with E-state index in [1.165, 1.54) is 0 Å². The van der Waals surface area contributed by atoms with Crippen LogP contribution in [0.15, 0.2) is 29.3 Å². The summed E-state index contributed by atoms with van der Waals surface area (Å²) >= 11 is 3.34. The van der Waals surface area contributed by atoms with Gasteiger partial charge in [0, 0.05) is 28.3 Å². The Hall–Kier alpha value is -1.09. The molecule has 0 aliphatic heterocycles. The highest BCUT2D eigenvalue weighted by molar-refractivity contribution is 9.10. The van der Waals surface area contributed by atoms with Gasteiger partial charge in [-0.1, -0.05) is 36.4 Å². The Morgan fingerprint density at radius 3 is 2.53 bits per heavy atom. The van der Waals surface area contributed by atoms with Crippen molar-refractivity contribution in [3.63, 3.8) is 0 Å². The monoisotopic (exact) mass is 269 g/mol. The van der Waals surface area contributed by atoms with Crippen LogP contribution in [0.4, 0.5) is 5.69 Å². The summed E-state index contributed by atoms with van der Waals surface area (Å²) < 4.78 is 0.935. The van der Waals surface area contributed by atoms with Gasteiger partial charge in [0.2, 0.25) is 0 Å². The number of hydrogen-bond acceptors (Lipinski definition) is 2. The summed E-state index contributed by atoms with van der Waals surface area (Å²) in [5.74, 6) is 0. The van der Waals surface area contributed by atoms with Crippen LogP contribution in [-0.4, -0.2) is 13.3 Å². The fourth-order valence-electron chi connectivity index (χ4n) is 1.06. The van der Waals surface area contributed by atoms with E-state index in [1.54, 1.807) is 0 Å². The number of allylic oxidation sites excluding steroid dienone is 1. The van der Waals surface area contributed by atoms with Gasteiger partial charge in [0.1, 0.15) is 6.29 Å². The lowest BCUT2D eigenvalue weighted by molar-refractivity contribution is -0.103. The van der Waals surface area contributed by atoms with Gasteiger partial charge in [-0.15, -0.1) is 0 Å². The number of anilines is 1. The van der Waals surface area contributed by atoms with E-state index in [4.69, 9.17) is 0 Å². The topological polar surface area (TPSA) is 29.1 Å². The van der Waals surface area contributed by atoms with E-state index in [0.29, 0.717) is 5.57 Å². The maximum absolute atomic E-state index is 10.5. The molecule has 2 nitrogen and oxygen atoms in total. The van der Waals surface area contributed by atoms with Gasteiger partial charge < -0.3 is 5.32 Å². The second-order valence-corrected chi connectivity index (χ2v) is 3.50. The molecule has 0 fully saturated rings. The third-order valence-corrected chi connectivity index (χ3v) is 2.23. The maximum Gasteiger partial charge on any atom is 0.150 e. The van der Waals surface area contributed by atoms with Crippen molar-refractivity contribution in [2.24, 2.45) is 0 Å². The molecule has 0 heterocycles. The number of hydrogen-bond donors (Lipinski definition) is 1. The van der Waals surface area contributed by atoms with Crippen molar-refractivity contribution in [1.29, 1.82) is 0 Å². The van der Waals surface area contributed by atoms with Gasteiger partial charge in [-0.3, -0.25) is 4.79 Å². The molecule has 1 N–H and O–H groups in total. The molecule has 0 spiro atoms. The second-order valence-electron chi connectivity index (χ2n) is 2.58. The van der Waals surface area contributed by atoms with Crippen molar-refractivity contribution in [3.05, 3.63) is 34.8 Å². The normalized spacial score (nSPS) is 8.53. The van der Waals surface area contributed by atoms with Crippen molar-refractivity contribution < 1.29 is 4.79 Å². The average Bonchev–Trinajstić information content (AvgIpc) is 2.30. The molecule has 3 heteroatoms. The van der Waals surface area contributed by atoms with Crippen LogP contribution >= 0.6 is 15.9 Å². The smallest absolute Gasteiger partial charge is 0.150 e. The summed E-state index contributed by atoms with van der Waals surface area (Å²) in [4.78, 5) is 10.5. The van der Waals surface area contributed by atoms with Crippen LogP contribution in [0.3, 0.4) is 0 Å². The first-order valence-electron chi connectivity index (χ1n) is 4.80. The van der Waals surface area contributed by atoms with E-state index < -0.39 is 0 Å². The molecule has 0 atom stereocenters. The number of benzene rings is 1. The van der Waals surface area contributed by atoms with Crippen LogP contribution in [0.2, 0.25) is 0 Å². The fourth-order valence-corrected chi connectivity index (χ4v) is 1.42. The summed E-state index contributed by atoms with van der Waals surface area (Å²) in [6, 6.07) is 5.67. The number of carbonyl (C=O) groups is 1. The van der Waals surface area contributed by atoms with Gasteiger partial charge in [-0.2, -0.15) is 0 Å². The zero-order chi connectivity index (χ0) is 11.8. The van der Waals surface area contributed by atoms with Gasteiger partial charge in [0.05, 0.1) is 0 Å². The third-order valence-electron chi connectivity index (χ3n) is 1.74. The largest absolute Gasteiger partial charge is 0.388 e. The van der Waals surface area contributed by atoms with Crippen molar-refractivity contribution in [1.82, 2.24) is 0 Å². The quantitative estimate of drug-likeness (QED) is 0.669. The van der Waals surface area contributed by atoms with Crippen molar-refractivity contribution in [2.45, 2.75) is 13.8 Å². The standard InChI is InChI=1S/C10H10BrNO.C2H6/c1-7(6-13)9-5-8(11)3-4-10(9)12-2;1-2/h3-6,12H,1H2,2H3;1-2H3. The first kappa shape index (κ1) is 13.9. The highest BCUT2D eigenvalue weighted by Crippen LogP contribution is 2.25. The van der Waals surface area contributed by atoms with E-state index >= 15 is 0 Å². The minimum Gasteiger partial charge on any atom is -0.388 e. The Morgan fingerprint density at radius 1 is 1.47 bits per heavy atom. The number of rotatable bonds is 3. The molecule has 0 radical (unpaired) electrons. The van der Waals surface area contributed by atoms with E-state index in [2.05, 4.69) is 27.8 Å². The van der Waals surface area contributed by atoms with Gasteiger partial charge in [0.15, 0.2) is 0 Å². The first-order chi connectivity index (χ1) is 7.19. The molecular weight excluding hydrogens is 254 g/mol. The van der Waals surface area contributed by atoms with E-state index in [0.717, 1.165) is 22.0 Å². The molecule has 0 bridgehead atoms. The lowest BCUT2D eigenvalue weighted by Gasteiger charge is -2.07. The maximum atomic E-state index is 10.5. The zero-order valence-corrected chi connectivity index (χ0v) is 10.9. The van der Waals surface area contributed by atoms with Gasteiger partial charge >= 0.3 is 0 Å². The summed E-state index contributed by atoms with van der Waals surface area (Å²) in [7, 11) is 1.81. The number of halogens is 1. The van der Waals surface area contributed by atoms with Crippen LogP contribution in [0.1, 0.15) is 19.4 Å². The summed E-state index contributed by atoms with van der Waals surface area (Å²) in [6.45, 7) is 7.66.